The number of hydrogen-bond acceptors (Lipinski definition) is 5. The highest BCUT2D eigenvalue weighted by Gasteiger charge is 2.49. The van der Waals surface area contributed by atoms with E-state index < -0.39 is 5.41 Å². The molecule has 1 atom stereocenters. The van der Waals surface area contributed by atoms with Gasteiger partial charge in [0.1, 0.15) is 24.7 Å². The standard InChI is InChI=1S/C27H26N2O4/c1-15-8-24-22(11-20(15)17(3)30)27(13-32-24)14-33-25-9-16(2)21(12-23(25)27)26(31)29-19-7-5-6-18(10-19)28-4/h5-12,28H,13-14H2,1-4H3,(H,29,31). The number of rotatable bonds is 4. The van der Waals surface area contributed by atoms with Crippen molar-refractivity contribution in [2.75, 3.05) is 30.9 Å². The molecule has 0 saturated carbocycles. The molecule has 0 aromatic heterocycles. The minimum absolute atomic E-state index is 0.0178. The number of carbonyl (C=O) groups is 2. The molecule has 1 unspecified atom stereocenters. The van der Waals surface area contributed by atoms with Gasteiger partial charge in [-0.2, -0.15) is 0 Å². The van der Waals surface area contributed by atoms with Gasteiger partial charge in [0, 0.05) is 40.7 Å². The van der Waals surface area contributed by atoms with Crippen LogP contribution in [0.1, 0.15) is 49.9 Å². The smallest absolute Gasteiger partial charge is 0.255 e. The van der Waals surface area contributed by atoms with E-state index in [1.165, 1.54) is 0 Å². The Morgan fingerprint density at radius 3 is 2.03 bits per heavy atom. The summed E-state index contributed by atoms with van der Waals surface area (Å²) >= 11 is 0. The van der Waals surface area contributed by atoms with E-state index >= 15 is 0 Å². The van der Waals surface area contributed by atoms with Crippen molar-refractivity contribution >= 4 is 23.1 Å². The Morgan fingerprint density at radius 1 is 0.848 bits per heavy atom. The van der Waals surface area contributed by atoms with Gasteiger partial charge in [-0.1, -0.05) is 6.07 Å². The molecule has 5 rings (SSSR count). The molecular formula is C27H26N2O4. The van der Waals surface area contributed by atoms with Crippen molar-refractivity contribution in [3.05, 3.63) is 81.9 Å². The highest BCUT2D eigenvalue weighted by atomic mass is 16.5. The lowest BCUT2D eigenvalue weighted by atomic mass is 9.76. The van der Waals surface area contributed by atoms with Gasteiger partial charge in [0.25, 0.3) is 5.91 Å². The van der Waals surface area contributed by atoms with Gasteiger partial charge in [-0.3, -0.25) is 9.59 Å². The molecule has 0 radical (unpaired) electrons. The van der Waals surface area contributed by atoms with Crippen LogP contribution in [-0.2, 0) is 5.41 Å². The fourth-order valence-electron chi connectivity index (χ4n) is 4.82. The maximum atomic E-state index is 13.2. The number of carbonyl (C=O) groups excluding carboxylic acids is 2. The zero-order valence-corrected chi connectivity index (χ0v) is 19.2. The summed E-state index contributed by atoms with van der Waals surface area (Å²) in [5, 5.41) is 6.08. The van der Waals surface area contributed by atoms with Gasteiger partial charge in [-0.25, -0.2) is 0 Å². The van der Waals surface area contributed by atoms with Crippen LogP contribution < -0.4 is 20.1 Å². The van der Waals surface area contributed by atoms with Crippen LogP contribution in [0.25, 0.3) is 0 Å². The number of ether oxygens (including phenoxy) is 2. The molecule has 3 aromatic carbocycles. The second kappa shape index (κ2) is 7.66. The normalized spacial score (nSPS) is 17.7. The Bertz CT molecular complexity index is 1310. The van der Waals surface area contributed by atoms with Gasteiger partial charge in [0.15, 0.2) is 5.78 Å². The van der Waals surface area contributed by atoms with Crippen molar-refractivity contribution in [1.82, 2.24) is 0 Å². The molecule has 33 heavy (non-hydrogen) atoms. The third-order valence-corrected chi connectivity index (χ3v) is 6.67. The molecule has 0 aliphatic carbocycles. The first-order valence-electron chi connectivity index (χ1n) is 11.0. The molecular weight excluding hydrogens is 416 g/mol. The number of amides is 1. The minimum atomic E-state index is -0.544. The summed E-state index contributed by atoms with van der Waals surface area (Å²) in [6.07, 6.45) is 0. The number of Topliss-reactive ketones (excluding diaryl/α,β-unsaturated/α-hetero) is 1. The van der Waals surface area contributed by atoms with Gasteiger partial charge in [0.05, 0.1) is 5.41 Å². The molecule has 6 heteroatoms. The zero-order valence-electron chi connectivity index (χ0n) is 19.2. The largest absolute Gasteiger partial charge is 0.492 e. The molecule has 2 N–H and O–H groups in total. The van der Waals surface area contributed by atoms with Crippen molar-refractivity contribution < 1.29 is 19.1 Å². The van der Waals surface area contributed by atoms with Crippen LogP contribution >= 0.6 is 0 Å². The van der Waals surface area contributed by atoms with Crippen LogP contribution in [0.15, 0.2) is 48.5 Å². The lowest BCUT2D eigenvalue weighted by molar-refractivity contribution is 0.101. The van der Waals surface area contributed by atoms with Crippen molar-refractivity contribution in [3.63, 3.8) is 0 Å². The highest BCUT2D eigenvalue weighted by molar-refractivity contribution is 6.06. The molecule has 0 fully saturated rings. The van der Waals surface area contributed by atoms with Crippen molar-refractivity contribution in [2.45, 2.75) is 26.2 Å². The first-order valence-corrected chi connectivity index (χ1v) is 11.0. The topological polar surface area (TPSA) is 76.7 Å². The van der Waals surface area contributed by atoms with E-state index in [2.05, 4.69) is 10.6 Å². The summed E-state index contributed by atoms with van der Waals surface area (Å²) in [6, 6.07) is 15.3. The summed E-state index contributed by atoms with van der Waals surface area (Å²) in [5.41, 5.74) is 5.94. The van der Waals surface area contributed by atoms with E-state index in [4.69, 9.17) is 9.47 Å². The van der Waals surface area contributed by atoms with Crippen LogP contribution in [0.3, 0.4) is 0 Å². The van der Waals surface area contributed by atoms with Gasteiger partial charge in [-0.05, 0) is 74.4 Å². The molecule has 168 valence electrons. The predicted molar refractivity (Wildman–Crippen MR) is 128 cm³/mol. The Kier molecular flexibility index (Phi) is 4.89. The number of anilines is 2. The maximum absolute atomic E-state index is 13.2. The Balaban J connectivity index is 1.56. The van der Waals surface area contributed by atoms with E-state index in [9.17, 15) is 9.59 Å². The number of ketones is 1. The molecule has 0 bridgehead atoms. The molecule has 3 aromatic rings. The van der Waals surface area contributed by atoms with Gasteiger partial charge >= 0.3 is 0 Å². The fourth-order valence-corrected chi connectivity index (χ4v) is 4.82. The molecule has 1 amide bonds. The van der Waals surface area contributed by atoms with Gasteiger partial charge in [0.2, 0.25) is 0 Å². The van der Waals surface area contributed by atoms with Crippen LogP contribution in [0.2, 0.25) is 0 Å². The lowest BCUT2D eigenvalue weighted by Crippen LogP contribution is -2.31. The zero-order chi connectivity index (χ0) is 23.3. The summed E-state index contributed by atoms with van der Waals surface area (Å²) < 4.78 is 12.1. The Labute approximate surface area is 192 Å². The number of hydrogen-bond donors (Lipinski definition) is 2. The third-order valence-electron chi connectivity index (χ3n) is 6.67. The third kappa shape index (κ3) is 3.33. The monoisotopic (exact) mass is 442 g/mol. The molecule has 6 nitrogen and oxygen atoms in total. The Morgan fingerprint density at radius 2 is 1.42 bits per heavy atom. The van der Waals surface area contributed by atoms with Crippen molar-refractivity contribution in [1.29, 1.82) is 0 Å². The molecule has 1 spiro atoms. The van der Waals surface area contributed by atoms with Crippen LogP contribution in [0.5, 0.6) is 11.5 Å². The summed E-state index contributed by atoms with van der Waals surface area (Å²) in [5.74, 6) is 1.36. The number of aryl methyl sites for hydroxylation is 2. The summed E-state index contributed by atoms with van der Waals surface area (Å²) in [7, 11) is 1.84. The fraction of sp³-hybridized carbons (Fsp3) is 0.259. The first kappa shape index (κ1) is 21.1. The van der Waals surface area contributed by atoms with Gasteiger partial charge < -0.3 is 20.1 Å². The average molecular weight is 443 g/mol. The second-order valence-electron chi connectivity index (χ2n) is 8.83. The van der Waals surface area contributed by atoms with Crippen LogP contribution in [-0.4, -0.2) is 32.0 Å². The maximum Gasteiger partial charge on any atom is 0.255 e. The lowest BCUT2D eigenvalue weighted by Gasteiger charge is -2.22. The molecule has 0 saturated heterocycles. The quantitative estimate of drug-likeness (QED) is 0.564. The highest BCUT2D eigenvalue weighted by Crippen LogP contribution is 2.51. The SMILES string of the molecule is CNc1cccc(NC(=O)c2cc3c(cc2C)OCC32COc3cc(C)c(C(C)=O)cc32)c1. The van der Waals surface area contributed by atoms with E-state index in [1.807, 2.05) is 69.4 Å². The molecule has 2 heterocycles. The summed E-state index contributed by atoms with van der Waals surface area (Å²) in [6.45, 7) is 6.21. The van der Waals surface area contributed by atoms with Gasteiger partial charge in [-0.15, -0.1) is 0 Å². The molecule has 2 aliphatic heterocycles. The first-order chi connectivity index (χ1) is 15.8. The molecule has 2 aliphatic rings. The summed E-state index contributed by atoms with van der Waals surface area (Å²) in [4.78, 5) is 25.4. The van der Waals surface area contributed by atoms with E-state index in [-0.39, 0.29) is 11.7 Å². The van der Waals surface area contributed by atoms with E-state index in [0.29, 0.717) is 30.0 Å². The van der Waals surface area contributed by atoms with Crippen molar-refractivity contribution in [2.24, 2.45) is 0 Å². The van der Waals surface area contributed by atoms with E-state index in [1.54, 1.807) is 6.92 Å². The number of benzene rings is 3. The predicted octanol–water partition coefficient (Wildman–Crippen LogP) is 4.87. The van der Waals surface area contributed by atoms with Crippen molar-refractivity contribution in [3.8, 4) is 11.5 Å². The number of nitrogens with one attached hydrogen (secondary N) is 2. The van der Waals surface area contributed by atoms with Crippen LogP contribution in [0, 0.1) is 13.8 Å². The van der Waals surface area contributed by atoms with E-state index in [0.717, 1.165) is 39.4 Å². The second-order valence-corrected chi connectivity index (χ2v) is 8.83. The minimum Gasteiger partial charge on any atom is -0.492 e. The van der Waals surface area contributed by atoms with Crippen LogP contribution in [0.4, 0.5) is 11.4 Å². The number of fused-ring (bicyclic) bond motifs is 4. The Hall–Kier alpha value is -3.80. The average Bonchev–Trinajstić information content (AvgIpc) is 3.33.